The molecule has 106 valence electrons. The first-order chi connectivity index (χ1) is 9.40. The Morgan fingerprint density at radius 3 is 2.65 bits per heavy atom. The lowest BCUT2D eigenvalue weighted by atomic mass is 10.1. The molecule has 0 spiro atoms. The highest BCUT2D eigenvalue weighted by molar-refractivity contribution is 5.51. The minimum absolute atomic E-state index is 0.197. The van der Waals surface area contributed by atoms with Crippen LogP contribution in [0.25, 0.3) is 0 Å². The van der Waals surface area contributed by atoms with Crippen molar-refractivity contribution in [2.24, 2.45) is 0 Å². The molecule has 0 fully saturated rings. The number of nitro benzene ring substituents is 1. The molecule has 0 aliphatic heterocycles. The lowest BCUT2D eigenvalue weighted by Gasteiger charge is -2.15. The molecule has 0 aliphatic rings. The molecule has 0 saturated carbocycles. The Kier molecular flexibility index (Phi) is 3.69. The smallest absolute Gasteiger partial charge is 0.272 e. The number of hydrogen-bond acceptors (Lipinski definition) is 5. The van der Waals surface area contributed by atoms with E-state index in [0.717, 1.165) is 17.3 Å². The van der Waals surface area contributed by atoms with Gasteiger partial charge in [-0.1, -0.05) is 5.16 Å². The third-order valence-electron chi connectivity index (χ3n) is 3.06. The van der Waals surface area contributed by atoms with E-state index < -0.39 is 10.7 Å². The van der Waals surface area contributed by atoms with Gasteiger partial charge < -0.3 is 9.84 Å². The number of nitrogens with zero attached hydrogens (tertiary/aromatic N) is 2. The fraction of sp³-hybridized carbons (Fsp3) is 0.308. The average Bonchev–Trinajstić information content (AvgIpc) is 2.71. The first-order valence-electron chi connectivity index (χ1n) is 6.03. The van der Waals surface area contributed by atoms with E-state index in [1.54, 1.807) is 13.8 Å². The summed E-state index contributed by atoms with van der Waals surface area (Å²) < 4.78 is 18.9. The van der Waals surface area contributed by atoms with E-state index in [9.17, 15) is 14.5 Å². The molecule has 1 aromatic heterocycles. The maximum Gasteiger partial charge on any atom is 0.272 e. The van der Waals surface area contributed by atoms with Crippen LogP contribution in [0.2, 0.25) is 0 Å². The lowest BCUT2D eigenvalue weighted by Crippen LogP contribution is -2.09. The Bertz CT molecular complexity index is 635. The summed E-state index contributed by atoms with van der Waals surface area (Å²) in [6.07, 6.45) is 0. The molecular weight excluding hydrogens is 265 g/mol. The zero-order chi connectivity index (χ0) is 14.9. The topological polar surface area (TPSA) is 81.2 Å². The normalized spacial score (nSPS) is 12.2. The van der Waals surface area contributed by atoms with E-state index in [1.807, 2.05) is 6.92 Å². The number of halogens is 1. The molecule has 7 heteroatoms. The van der Waals surface area contributed by atoms with Gasteiger partial charge in [0, 0.05) is 11.6 Å². The molecule has 2 aromatic rings. The number of nitro groups is 1. The number of hydrogen-bond donors (Lipinski definition) is 1. The molecule has 20 heavy (non-hydrogen) atoms. The van der Waals surface area contributed by atoms with Crippen molar-refractivity contribution in [3.05, 3.63) is 51.1 Å². The highest BCUT2D eigenvalue weighted by atomic mass is 19.1. The summed E-state index contributed by atoms with van der Waals surface area (Å²) in [5.41, 5.74) is 1.49. The van der Waals surface area contributed by atoms with Crippen molar-refractivity contribution in [1.29, 1.82) is 0 Å². The summed E-state index contributed by atoms with van der Waals surface area (Å²) in [6, 6.07) is 3.27. The molecule has 0 radical (unpaired) electrons. The molecule has 0 bridgehead atoms. The number of benzene rings is 1. The Morgan fingerprint density at radius 1 is 1.45 bits per heavy atom. The molecule has 1 aromatic carbocycles. The predicted octanol–water partition coefficient (Wildman–Crippen LogP) is 3.51. The van der Waals surface area contributed by atoms with Crippen molar-refractivity contribution in [3.63, 3.8) is 0 Å². The van der Waals surface area contributed by atoms with Gasteiger partial charge in [-0.05, 0) is 26.8 Å². The highest BCUT2D eigenvalue weighted by Crippen LogP contribution is 2.27. The number of aromatic nitrogens is 1. The van der Waals surface area contributed by atoms with Crippen LogP contribution in [0.1, 0.15) is 30.0 Å². The first-order valence-corrected chi connectivity index (χ1v) is 6.03. The van der Waals surface area contributed by atoms with E-state index in [1.165, 1.54) is 12.1 Å². The van der Waals surface area contributed by atoms with Crippen LogP contribution in [-0.2, 0) is 0 Å². The maximum atomic E-state index is 13.8. The standard InChI is InChI=1S/C13H14FN3O3/c1-7(13-8(2)16-20-9(13)3)15-12-5-4-10(17(18)19)6-11(12)14/h4-7,15H,1-3H3. The third-order valence-corrected chi connectivity index (χ3v) is 3.06. The Labute approximate surface area is 114 Å². The number of nitrogens with one attached hydrogen (secondary N) is 1. The van der Waals surface area contributed by atoms with Crippen LogP contribution in [0, 0.1) is 29.8 Å². The zero-order valence-corrected chi connectivity index (χ0v) is 11.3. The SMILES string of the molecule is Cc1noc(C)c1C(C)Nc1ccc([N+](=O)[O-])cc1F. The van der Waals surface area contributed by atoms with E-state index in [4.69, 9.17) is 4.52 Å². The van der Waals surface area contributed by atoms with Gasteiger partial charge in [0.25, 0.3) is 5.69 Å². The molecule has 0 amide bonds. The van der Waals surface area contributed by atoms with Crippen LogP contribution in [0.15, 0.2) is 22.7 Å². The van der Waals surface area contributed by atoms with Crippen LogP contribution in [-0.4, -0.2) is 10.1 Å². The fourth-order valence-electron chi connectivity index (χ4n) is 2.15. The van der Waals surface area contributed by atoms with Gasteiger partial charge in [-0.2, -0.15) is 0 Å². The number of aryl methyl sites for hydroxylation is 2. The zero-order valence-electron chi connectivity index (χ0n) is 11.3. The molecule has 0 aliphatic carbocycles. The average molecular weight is 279 g/mol. The van der Waals surface area contributed by atoms with Crippen LogP contribution < -0.4 is 5.32 Å². The van der Waals surface area contributed by atoms with Gasteiger partial charge >= 0.3 is 0 Å². The monoisotopic (exact) mass is 279 g/mol. The summed E-state index contributed by atoms with van der Waals surface area (Å²) in [5.74, 6) is -0.0115. The van der Waals surface area contributed by atoms with Gasteiger partial charge in [-0.15, -0.1) is 0 Å². The molecule has 6 nitrogen and oxygen atoms in total. The van der Waals surface area contributed by atoms with Crippen molar-refractivity contribution in [3.8, 4) is 0 Å². The third kappa shape index (κ3) is 2.61. The minimum Gasteiger partial charge on any atom is -0.376 e. The van der Waals surface area contributed by atoms with Crippen LogP contribution >= 0.6 is 0 Å². The molecule has 1 heterocycles. The van der Waals surface area contributed by atoms with E-state index >= 15 is 0 Å². The van der Waals surface area contributed by atoms with E-state index in [2.05, 4.69) is 10.5 Å². The van der Waals surface area contributed by atoms with E-state index in [0.29, 0.717) is 5.76 Å². The van der Waals surface area contributed by atoms with Crippen molar-refractivity contribution in [1.82, 2.24) is 5.16 Å². The van der Waals surface area contributed by atoms with Gasteiger partial charge in [-0.25, -0.2) is 4.39 Å². The van der Waals surface area contributed by atoms with Gasteiger partial charge in [0.1, 0.15) is 5.76 Å². The van der Waals surface area contributed by atoms with Crippen LogP contribution in [0.4, 0.5) is 15.8 Å². The number of rotatable bonds is 4. The largest absolute Gasteiger partial charge is 0.376 e. The predicted molar refractivity (Wildman–Crippen MR) is 71.1 cm³/mol. The van der Waals surface area contributed by atoms with Crippen molar-refractivity contribution in [2.45, 2.75) is 26.8 Å². The van der Waals surface area contributed by atoms with Crippen molar-refractivity contribution in [2.75, 3.05) is 5.32 Å². The van der Waals surface area contributed by atoms with Crippen molar-refractivity contribution >= 4 is 11.4 Å². The van der Waals surface area contributed by atoms with Gasteiger partial charge in [0.2, 0.25) is 0 Å². The second-order valence-corrected chi connectivity index (χ2v) is 4.53. The second-order valence-electron chi connectivity index (χ2n) is 4.53. The highest BCUT2D eigenvalue weighted by Gasteiger charge is 2.18. The molecular formula is C13H14FN3O3. The molecule has 0 saturated heterocycles. The van der Waals surface area contributed by atoms with Crippen LogP contribution in [0.3, 0.4) is 0 Å². The number of anilines is 1. The Balaban J connectivity index is 2.24. The minimum atomic E-state index is -0.669. The maximum absolute atomic E-state index is 13.8. The summed E-state index contributed by atoms with van der Waals surface area (Å²) in [6.45, 7) is 5.42. The van der Waals surface area contributed by atoms with Gasteiger partial charge in [0.15, 0.2) is 5.82 Å². The quantitative estimate of drug-likeness (QED) is 0.684. The summed E-state index contributed by atoms with van der Waals surface area (Å²) in [5, 5.41) is 17.4. The fourth-order valence-corrected chi connectivity index (χ4v) is 2.15. The Morgan fingerprint density at radius 2 is 2.15 bits per heavy atom. The van der Waals surface area contributed by atoms with Crippen LogP contribution in [0.5, 0.6) is 0 Å². The number of non-ortho nitro benzene ring substituents is 1. The molecule has 1 N–H and O–H groups in total. The molecule has 1 atom stereocenters. The summed E-state index contributed by atoms with van der Waals surface area (Å²) in [7, 11) is 0. The first kappa shape index (κ1) is 14.0. The van der Waals surface area contributed by atoms with E-state index in [-0.39, 0.29) is 17.4 Å². The second kappa shape index (κ2) is 5.28. The Hall–Kier alpha value is -2.44. The lowest BCUT2D eigenvalue weighted by molar-refractivity contribution is -0.385. The van der Waals surface area contributed by atoms with Crippen molar-refractivity contribution < 1.29 is 13.8 Å². The molecule has 2 rings (SSSR count). The van der Waals surface area contributed by atoms with Gasteiger partial charge in [-0.3, -0.25) is 10.1 Å². The van der Waals surface area contributed by atoms with Gasteiger partial charge in [0.05, 0.1) is 28.4 Å². The summed E-state index contributed by atoms with van der Waals surface area (Å²) in [4.78, 5) is 9.93. The summed E-state index contributed by atoms with van der Waals surface area (Å²) >= 11 is 0. The molecule has 1 unspecified atom stereocenters.